The predicted octanol–water partition coefficient (Wildman–Crippen LogP) is 11.3. The number of carbonyl (C=O) groups is 2. The van der Waals surface area contributed by atoms with Crippen LogP contribution in [0.3, 0.4) is 0 Å². The Morgan fingerprint density at radius 1 is 0.889 bits per heavy atom. The van der Waals surface area contributed by atoms with Crippen LogP contribution in [0.2, 0.25) is 0 Å². The molecule has 1 aromatic rings. The number of aliphatic hydroxyl groups excluding tert-OH is 2. The van der Waals surface area contributed by atoms with Crippen molar-refractivity contribution in [1.82, 2.24) is 4.90 Å². The van der Waals surface area contributed by atoms with Crippen LogP contribution in [-0.2, 0) is 20.7 Å². The normalized spacial score (nSPS) is 21.4. The summed E-state index contributed by atoms with van der Waals surface area (Å²) in [5.74, 6) is -0.309. The van der Waals surface area contributed by atoms with Gasteiger partial charge in [0, 0.05) is 30.8 Å². The lowest BCUT2D eigenvalue weighted by Gasteiger charge is -2.45. The van der Waals surface area contributed by atoms with E-state index in [0.29, 0.717) is 25.8 Å². The molecule has 0 heterocycles. The smallest absolute Gasteiger partial charge is 0.306 e. The highest BCUT2D eigenvalue weighted by atomic mass is 35.5. The number of alkyl halides is 1. The summed E-state index contributed by atoms with van der Waals surface area (Å²) in [4.78, 5) is 26.8. The van der Waals surface area contributed by atoms with E-state index in [-0.39, 0.29) is 53.6 Å². The third-order valence-electron chi connectivity index (χ3n) is 12.5. The summed E-state index contributed by atoms with van der Waals surface area (Å²) in [7, 11) is 0. The molecule has 7 heteroatoms. The number of esters is 1. The van der Waals surface area contributed by atoms with Crippen molar-refractivity contribution in [2.45, 2.75) is 186 Å². The number of aryl methyl sites for hydroxylation is 1. The number of unbranched alkanes of at least 4 members (excludes halogenated alkanes) is 13. The van der Waals surface area contributed by atoms with Gasteiger partial charge in [0.25, 0.3) is 5.91 Å². The number of nitrogens with zero attached hydrogens (tertiary/aromatic N) is 1. The number of halogens is 1. The van der Waals surface area contributed by atoms with Crippen LogP contribution in [0.5, 0.6) is 0 Å². The molecule has 2 N–H and O–H groups in total. The fraction of sp³-hybridized carbons (Fsp3) is 0.745. The number of aliphatic hydroxyl groups is 2. The molecule has 0 saturated heterocycles. The van der Waals surface area contributed by atoms with Gasteiger partial charge in [-0.15, -0.1) is 11.6 Å². The molecule has 0 unspecified atom stereocenters. The first-order chi connectivity index (χ1) is 26.3. The number of likely N-dealkylation sites (N-methyl/N-ethyl adjacent to an activating group) is 1. The molecular weight excluding hydrogens is 694 g/mol. The molecule has 0 spiro atoms. The second kappa shape index (κ2) is 27.4. The molecule has 5 atom stereocenters. The van der Waals surface area contributed by atoms with Gasteiger partial charge >= 0.3 is 5.97 Å². The molecule has 2 fully saturated rings. The monoisotopic (exact) mass is 770 g/mol. The van der Waals surface area contributed by atoms with Crippen molar-refractivity contribution in [2.75, 3.05) is 19.7 Å². The maximum absolute atomic E-state index is 12.7. The van der Waals surface area contributed by atoms with Gasteiger partial charge in [-0.25, -0.2) is 0 Å². The van der Waals surface area contributed by atoms with E-state index < -0.39 is 6.10 Å². The molecule has 1 amide bonds. The van der Waals surface area contributed by atoms with Gasteiger partial charge in [-0.05, 0) is 94.4 Å². The molecule has 2 saturated carbocycles. The van der Waals surface area contributed by atoms with Gasteiger partial charge in [-0.3, -0.25) is 9.59 Å². The number of hydrogen-bond acceptors (Lipinski definition) is 5. The Hall–Kier alpha value is -2.15. The first-order valence-electron chi connectivity index (χ1n) is 22.1. The number of ether oxygens (including phenoxy) is 1. The molecule has 2 aliphatic carbocycles. The fourth-order valence-electron chi connectivity index (χ4n) is 8.55. The Balaban J connectivity index is 1.14. The van der Waals surface area contributed by atoms with Crippen LogP contribution in [0, 0.1) is 17.3 Å². The van der Waals surface area contributed by atoms with Crippen molar-refractivity contribution in [2.24, 2.45) is 17.3 Å². The molecule has 0 bridgehead atoms. The van der Waals surface area contributed by atoms with E-state index in [9.17, 15) is 19.8 Å². The maximum atomic E-state index is 12.7. The number of hydrogen-bond donors (Lipinski definition) is 2. The minimum absolute atomic E-state index is 0.0143. The second-order valence-electron chi connectivity index (χ2n) is 16.4. The summed E-state index contributed by atoms with van der Waals surface area (Å²) < 4.78 is 5.32. The van der Waals surface area contributed by atoms with Gasteiger partial charge in [-0.1, -0.05) is 139 Å². The molecule has 1 aromatic carbocycles. The summed E-state index contributed by atoms with van der Waals surface area (Å²) in [5, 5.41) is 21.3. The summed E-state index contributed by atoms with van der Waals surface area (Å²) in [5.41, 5.74) is 1.54. The molecule has 54 heavy (non-hydrogen) atoms. The van der Waals surface area contributed by atoms with Crippen LogP contribution in [-0.4, -0.2) is 64.3 Å². The Morgan fingerprint density at radius 3 is 2.11 bits per heavy atom. The van der Waals surface area contributed by atoms with E-state index in [1.807, 2.05) is 11.8 Å². The average Bonchev–Trinajstić information content (AvgIpc) is 3.42. The molecular formula is C47H76ClNO5. The lowest BCUT2D eigenvalue weighted by Crippen LogP contribution is -2.40. The van der Waals surface area contributed by atoms with E-state index in [1.54, 1.807) is 0 Å². The van der Waals surface area contributed by atoms with Crippen molar-refractivity contribution >= 4 is 23.5 Å². The zero-order chi connectivity index (χ0) is 38.9. The van der Waals surface area contributed by atoms with Crippen molar-refractivity contribution in [3.63, 3.8) is 0 Å². The predicted molar refractivity (Wildman–Crippen MR) is 225 cm³/mol. The van der Waals surface area contributed by atoms with Crippen molar-refractivity contribution in [3.8, 4) is 0 Å². The van der Waals surface area contributed by atoms with Crippen LogP contribution in [0.4, 0.5) is 0 Å². The zero-order valence-corrected chi connectivity index (χ0v) is 34.9. The lowest BCUT2D eigenvalue weighted by molar-refractivity contribution is -0.152. The first kappa shape index (κ1) is 46.2. The van der Waals surface area contributed by atoms with E-state index in [1.165, 1.54) is 89.0 Å². The molecule has 306 valence electrons. The van der Waals surface area contributed by atoms with Crippen molar-refractivity contribution < 1.29 is 24.5 Å². The second-order valence-corrected chi connectivity index (χ2v) is 16.9. The Kier molecular flexibility index (Phi) is 23.5. The Bertz CT molecular complexity index is 1190. The molecule has 6 nitrogen and oxygen atoms in total. The number of carbonyl (C=O) groups excluding carboxylic acids is 2. The lowest BCUT2D eigenvalue weighted by atomic mass is 9.63. The number of benzene rings is 1. The molecule has 0 aromatic heterocycles. The number of allylic oxidation sites excluding steroid dienone is 2. The van der Waals surface area contributed by atoms with E-state index in [2.05, 4.69) is 61.6 Å². The van der Waals surface area contributed by atoms with E-state index in [4.69, 9.17) is 16.3 Å². The number of rotatable bonds is 30. The molecule has 0 radical (unpaired) electrons. The Morgan fingerprint density at radius 2 is 1.52 bits per heavy atom. The third-order valence-corrected chi connectivity index (χ3v) is 13.0. The van der Waals surface area contributed by atoms with Crippen LogP contribution in [0.1, 0.15) is 167 Å². The highest BCUT2D eigenvalue weighted by Gasteiger charge is 2.42. The minimum Gasteiger partial charge on any atom is -0.456 e. The molecule has 2 aliphatic rings. The van der Waals surface area contributed by atoms with Crippen LogP contribution in [0.25, 0.3) is 0 Å². The summed E-state index contributed by atoms with van der Waals surface area (Å²) in [6.45, 7) is 5.33. The van der Waals surface area contributed by atoms with Gasteiger partial charge in [0.05, 0.1) is 12.2 Å². The summed E-state index contributed by atoms with van der Waals surface area (Å²) >= 11 is 6.64. The van der Waals surface area contributed by atoms with Crippen molar-refractivity contribution in [1.29, 1.82) is 0 Å². The van der Waals surface area contributed by atoms with Crippen molar-refractivity contribution in [3.05, 3.63) is 60.2 Å². The standard InChI is InChI=1S/C47H76ClNO5/c1-3-47(34-26-35-47)44(51)32-25-31-41-40(42(48)37-43(41)50)30-22-15-16-23-33-46(53)54-38-45(52)49(4-2)36-24-17-13-11-9-7-5-6-8-10-12-14-19-27-39-28-20-18-21-29-39/h15,18,20-22,25,28-29,31,40-44,50-51H,3-14,16-17,19,23-24,26-27,30,32-38H2,1-2H3/b22-15-,31-25+/t40-,41-,42-,43-,44+/m1/s1. The highest BCUT2D eigenvalue weighted by molar-refractivity contribution is 6.21. The topological polar surface area (TPSA) is 87.1 Å². The van der Waals surface area contributed by atoms with Gasteiger partial charge in [0.1, 0.15) is 0 Å². The molecule has 3 rings (SSSR count). The first-order valence-corrected chi connectivity index (χ1v) is 22.5. The fourth-order valence-corrected chi connectivity index (χ4v) is 9.01. The SMILES string of the molecule is CCN(CCCCCCCCCCCCCCCc1ccccc1)C(=O)COC(=O)CCC/C=C\C[C@@H]1[C@@H](/C=C/C[C@H](O)C2(CC)CCC2)[C@H](O)C[C@H]1Cl. The van der Waals surface area contributed by atoms with Crippen LogP contribution < -0.4 is 0 Å². The largest absolute Gasteiger partial charge is 0.456 e. The molecule has 0 aliphatic heterocycles. The van der Waals surface area contributed by atoms with Gasteiger partial charge in [0.15, 0.2) is 6.61 Å². The zero-order valence-electron chi connectivity index (χ0n) is 34.1. The third kappa shape index (κ3) is 17.3. The average molecular weight is 771 g/mol. The van der Waals surface area contributed by atoms with E-state index >= 15 is 0 Å². The van der Waals surface area contributed by atoms with E-state index in [0.717, 1.165) is 51.5 Å². The minimum atomic E-state index is -0.463. The van der Waals surface area contributed by atoms with Crippen LogP contribution >= 0.6 is 11.6 Å². The van der Waals surface area contributed by atoms with Gasteiger partial charge in [0.2, 0.25) is 0 Å². The summed E-state index contributed by atoms with van der Waals surface area (Å²) in [6.07, 6.45) is 33.6. The Labute approximate surface area is 334 Å². The maximum Gasteiger partial charge on any atom is 0.306 e. The van der Waals surface area contributed by atoms with Gasteiger partial charge < -0.3 is 19.8 Å². The van der Waals surface area contributed by atoms with Gasteiger partial charge in [-0.2, -0.15) is 0 Å². The summed E-state index contributed by atoms with van der Waals surface area (Å²) in [6, 6.07) is 10.8. The highest BCUT2D eigenvalue weighted by Crippen LogP contribution is 2.48. The quantitative estimate of drug-likeness (QED) is 0.0352. The number of amides is 1. The van der Waals surface area contributed by atoms with Crippen LogP contribution in [0.15, 0.2) is 54.6 Å².